The second-order valence-corrected chi connectivity index (χ2v) is 4.29. The molecule has 1 unspecified atom stereocenters. The molecule has 1 aliphatic heterocycles. The first-order valence-electron chi connectivity index (χ1n) is 5.75. The maximum absolute atomic E-state index is 5.49. The minimum atomic E-state index is 0.551. The molecule has 0 aromatic carbocycles. The summed E-state index contributed by atoms with van der Waals surface area (Å²) < 4.78 is 0. The van der Waals surface area contributed by atoms with E-state index >= 15 is 0 Å². The van der Waals surface area contributed by atoms with Crippen molar-refractivity contribution >= 4 is 5.82 Å². The van der Waals surface area contributed by atoms with Crippen LogP contribution < -0.4 is 11.1 Å². The van der Waals surface area contributed by atoms with Gasteiger partial charge in [0.25, 0.3) is 0 Å². The Bertz CT molecular complexity index is 336. The minimum absolute atomic E-state index is 0.551. The lowest BCUT2D eigenvalue weighted by Crippen LogP contribution is -2.23. The fourth-order valence-electron chi connectivity index (χ4n) is 1.96. The third kappa shape index (κ3) is 2.48. The molecule has 0 amide bonds. The maximum Gasteiger partial charge on any atom is 0.129 e. The number of rotatable bonds is 3. The molecule has 3 N–H and O–H groups in total. The standard InChI is InChI=1S/C12H19N3/c1-9-4-5-10-6-7-11(3-2-8-13)15-12(10)14-9/h6-7,9H,2-5,8,13H2,1H3,(H,14,15). The Morgan fingerprint density at radius 1 is 1.53 bits per heavy atom. The van der Waals surface area contributed by atoms with E-state index in [1.807, 2.05) is 0 Å². The van der Waals surface area contributed by atoms with Gasteiger partial charge in [0.2, 0.25) is 0 Å². The number of pyridine rings is 1. The van der Waals surface area contributed by atoms with Crippen LogP contribution in [0.25, 0.3) is 0 Å². The van der Waals surface area contributed by atoms with Gasteiger partial charge in [-0.05, 0) is 50.8 Å². The van der Waals surface area contributed by atoms with Gasteiger partial charge < -0.3 is 11.1 Å². The van der Waals surface area contributed by atoms with Crippen LogP contribution >= 0.6 is 0 Å². The number of nitrogens with two attached hydrogens (primary N) is 1. The van der Waals surface area contributed by atoms with Crippen molar-refractivity contribution in [2.75, 3.05) is 11.9 Å². The monoisotopic (exact) mass is 205 g/mol. The number of fused-ring (bicyclic) bond motifs is 1. The fraction of sp³-hybridized carbons (Fsp3) is 0.583. The lowest BCUT2D eigenvalue weighted by molar-refractivity contribution is 0.670. The summed E-state index contributed by atoms with van der Waals surface area (Å²) in [5.74, 6) is 1.09. The van der Waals surface area contributed by atoms with E-state index in [-0.39, 0.29) is 0 Å². The summed E-state index contributed by atoms with van der Waals surface area (Å²) in [6, 6.07) is 4.88. The van der Waals surface area contributed by atoms with Crippen molar-refractivity contribution in [1.82, 2.24) is 4.98 Å². The van der Waals surface area contributed by atoms with Gasteiger partial charge in [0.15, 0.2) is 0 Å². The van der Waals surface area contributed by atoms with Gasteiger partial charge in [-0.2, -0.15) is 0 Å². The van der Waals surface area contributed by atoms with Crippen LogP contribution in [0, 0.1) is 0 Å². The smallest absolute Gasteiger partial charge is 0.129 e. The van der Waals surface area contributed by atoms with Gasteiger partial charge in [0, 0.05) is 11.7 Å². The summed E-state index contributed by atoms with van der Waals surface area (Å²) in [6.45, 7) is 2.94. The first kappa shape index (κ1) is 10.4. The molecular formula is C12H19N3. The maximum atomic E-state index is 5.49. The summed E-state index contributed by atoms with van der Waals surface area (Å²) in [7, 11) is 0. The molecule has 1 aromatic heterocycles. The van der Waals surface area contributed by atoms with E-state index < -0.39 is 0 Å². The molecule has 1 aliphatic rings. The van der Waals surface area contributed by atoms with Gasteiger partial charge in [0.05, 0.1) is 0 Å². The molecule has 0 fully saturated rings. The summed E-state index contributed by atoms with van der Waals surface area (Å²) in [4.78, 5) is 4.63. The van der Waals surface area contributed by atoms with Gasteiger partial charge >= 0.3 is 0 Å². The number of hydrogen-bond acceptors (Lipinski definition) is 3. The van der Waals surface area contributed by atoms with Crippen molar-refractivity contribution in [2.24, 2.45) is 5.73 Å². The van der Waals surface area contributed by atoms with E-state index in [1.165, 1.54) is 12.0 Å². The van der Waals surface area contributed by atoms with Crippen LogP contribution in [0.2, 0.25) is 0 Å². The topological polar surface area (TPSA) is 50.9 Å². The molecule has 0 bridgehead atoms. The number of anilines is 1. The Kier molecular flexibility index (Phi) is 3.21. The predicted octanol–water partition coefficient (Wildman–Crippen LogP) is 1.72. The summed E-state index contributed by atoms with van der Waals surface area (Å²) in [6.07, 6.45) is 4.35. The number of nitrogens with zero attached hydrogens (tertiary/aromatic N) is 1. The number of aryl methyl sites for hydroxylation is 2. The highest BCUT2D eigenvalue weighted by atomic mass is 15.0. The van der Waals surface area contributed by atoms with Crippen molar-refractivity contribution in [3.05, 3.63) is 23.4 Å². The van der Waals surface area contributed by atoms with Crippen LogP contribution in [0.5, 0.6) is 0 Å². The highest BCUT2D eigenvalue weighted by molar-refractivity contribution is 5.48. The van der Waals surface area contributed by atoms with E-state index in [1.54, 1.807) is 0 Å². The van der Waals surface area contributed by atoms with E-state index in [2.05, 4.69) is 29.4 Å². The van der Waals surface area contributed by atoms with Crippen LogP contribution in [0.1, 0.15) is 31.0 Å². The van der Waals surface area contributed by atoms with E-state index in [0.717, 1.165) is 37.3 Å². The molecule has 3 nitrogen and oxygen atoms in total. The Morgan fingerprint density at radius 2 is 2.40 bits per heavy atom. The van der Waals surface area contributed by atoms with E-state index in [4.69, 9.17) is 5.73 Å². The van der Waals surface area contributed by atoms with E-state index in [9.17, 15) is 0 Å². The molecule has 82 valence electrons. The van der Waals surface area contributed by atoms with Crippen molar-refractivity contribution in [3.63, 3.8) is 0 Å². The Labute approximate surface area is 91.1 Å². The molecule has 2 heterocycles. The molecular weight excluding hydrogens is 186 g/mol. The molecule has 1 aromatic rings. The SMILES string of the molecule is CC1CCc2ccc(CCCN)nc2N1. The van der Waals surface area contributed by atoms with Gasteiger partial charge in [-0.3, -0.25) is 0 Å². The zero-order valence-corrected chi connectivity index (χ0v) is 9.29. The highest BCUT2D eigenvalue weighted by Gasteiger charge is 2.14. The molecule has 2 rings (SSSR count). The first-order chi connectivity index (χ1) is 7.29. The Balaban J connectivity index is 2.13. The molecule has 0 saturated heterocycles. The third-order valence-corrected chi connectivity index (χ3v) is 2.90. The largest absolute Gasteiger partial charge is 0.367 e. The quantitative estimate of drug-likeness (QED) is 0.790. The predicted molar refractivity (Wildman–Crippen MR) is 63.0 cm³/mol. The molecule has 0 aliphatic carbocycles. The van der Waals surface area contributed by atoms with Gasteiger partial charge in [-0.25, -0.2) is 4.98 Å². The third-order valence-electron chi connectivity index (χ3n) is 2.90. The summed E-state index contributed by atoms with van der Waals surface area (Å²) in [5, 5.41) is 3.43. The van der Waals surface area contributed by atoms with Crippen molar-refractivity contribution in [1.29, 1.82) is 0 Å². The Hall–Kier alpha value is -1.09. The van der Waals surface area contributed by atoms with Crippen molar-refractivity contribution in [3.8, 4) is 0 Å². The number of nitrogens with one attached hydrogen (secondary N) is 1. The number of aromatic nitrogens is 1. The second-order valence-electron chi connectivity index (χ2n) is 4.29. The van der Waals surface area contributed by atoms with Gasteiger partial charge in [0.1, 0.15) is 5.82 Å². The molecule has 0 spiro atoms. The molecule has 0 saturated carbocycles. The average Bonchev–Trinajstić information content (AvgIpc) is 2.25. The molecule has 15 heavy (non-hydrogen) atoms. The second kappa shape index (κ2) is 4.62. The van der Waals surface area contributed by atoms with Crippen LogP contribution in [-0.4, -0.2) is 17.6 Å². The fourth-order valence-corrected chi connectivity index (χ4v) is 1.96. The lowest BCUT2D eigenvalue weighted by Gasteiger charge is -2.23. The van der Waals surface area contributed by atoms with E-state index in [0.29, 0.717) is 6.04 Å². The average molecular weight is 205 g/mol. The van der Waals surface area contributed by atoms with Crippen molar-refractivity contribution < 1.29 is 0 Å². The zero-order chi connectivity index (χ0) is 10.7. The molecule has 1 atom stereocenters. The summed E-state index contributed by atoms with van der Waals surface area (Å²) in [5.41, 5.74) is 8.00. The van der Waals surface area contributed by atoms with Crippen LogP contribution in [-0.2, 0) is 12.8 Å². The Morgan fingerprint density at radius 3 is 3.20 bits per heavy atom. The van der Waals surface area contributed by atoms with Crippen LogP contribution in [0.4, 0.5) is 5.82 Å². The van der Waals surface area contributed by atoms with Crippen LogP contribution in [0.15, 0.2) is 12.1 Å². The zero-order valence-electron chi connectivity index (χ0n) is 9.29. The number of hydrogen-bond donors (Lipinski definition) is 2. The highest BCUT2D eigenvalue weighted by Crippen LogP contribution is 2.23. The normalized spacial score (nSPS) is 19.5. The minimum Gasteiger partial charge on any atom is -0.367 e. The van der Waals surface area contributed by atoms with Gasteiger partial charge in [-0.15, -0.1) is 0 Å². The molecule has 0 radical (unpaired) electrons. The van der Waals surface area contributed by atoms with Gasteiger partial charge in [-0.1, -0.05) is 6.07 Å². The molecule has 3 heteroatoms. The lowest BCUT2D eigenvalue weighted by atomic mass is 10.0. The first-order valence-corrected chi connectivity index (χ1v) is 5.75. The van der Waals surface area contributed by atoms with Crippen LogP contribution in [0.3, 0.4) is 0 Å². The van der Waals surface area contributed by atoms with Crippen molar-refractivity contribution in [2.45, 2.75) is 38.6 Å². The summed E-state index contributed by atoms with van der Waals surface area (Å²) >= 11 is 0.